The molecule has 0 unspecified atom stereocenters. The number of benzene rings is 2. The maximum absolute atomic E-state index is 12.7. The average Bonchev–Trinajstić information content (AvgIpc) is 3.22. The zero-order chi connectivity index (χ0) is 23.7. The number of para-hydroxylation sites is 1. The summed E-state index contributed by atoms with van der Waals surface area (Å²) in [6.45, 7) is 1.88. The number of hydrogen-bond acceptors (Lipinski definition) is 6. The number of imide groups is 1. The molecule has 10 heteroatoms. The molecule has 0 spiro atoms. The molecular weight excluding hydrogens is 428 g/mol. The molecule has 0 radical (unpaired) electrons. The van der Waals surface area contributed by atoms with E-state index in [-0.39, 0.29) is 11.4 Å². The van der Waals surface area contributed by atoms with E-state index >= 15 is 0 Å². The summed E-state index contributed by atoms with van der Waals surface area (Å²) in [5, 5.41) is 14.3. The van der Waals surface area contributed by atoms with Crippen molar-refractivity contribution in [1.82, 2.24) is 14.8 Å². The van der Waals surface area contributed by atoms with Crippen molar-refractivity contribution >= 4 is 40.6 Å². The first-order chi connectivity index (χ1) is 15.8. The molecule has 1 saturated heterocycles. The monoisotopic (exact) mass is 448 g/mol. The van der Waals surface area contributed by atoms with Crippen molar-refractivity contribution in [3.63, 3.8) is 0 Å². The van der Waals surface area contributed by atoms with Crippen LogP contribution in [0.4, 0.5) is 10.5 Å². The fourth-order valence-electron chi connectivity index (χ4n) is 3.80. The molecule has 168 valence electrons. The van der Waals surface area contributed by atoms with Crippen LogP contribution in [0.15, 0.2) is 54.2 Å². The molecule has 0 atom stereocenters. The van der Waals surface area contributed by atoms with Crippen LogP contribution >= 0.6 is 0 Å². The number of non-ortho nitro benzene ring substituents is 1. The third kappa shape index (κ3) is 4.05. The van der Waals surface area contributed by atoms with Gasteiger partial charge in [0.15, 0.2) is 0 Å². The number of hydrogen-bond donors (Lipinski definition) is 1. The van der Waals surface area contributed by atoms with E-state index in [0.717, 1.165) is 32.6 Å². The Balaban J connectivity index is 1.72. The molecule has 10 nitrogen and oxygen atoms in total. The van der Waals surface area contributed by atoms with Gasteiger partial charge in [0, 0.05) is 40.8 Å². The summed E-state index contributed by atoms with van der Waals surface area (Å²) < 4.78 is 6.58. The van der Waals surface area contributed by atoms with Crippen molar-refractivity contribution in [2.75, 3.05) is 13.7 Å². The van der Waals surface area contributed by atoms with E-state index in [1.165, 1.54) is 19.2 Å². The van der Waals surface area contributed by atoms with Crippen LogP contribution in [0.25, 0.3) is 17.0 Å². The van der Waals surface area contributed by atoms with Crippen LogP contribution in [-0.4, -0.2) is 46.0 Å². The van der Waals surface area contributed by atoms with E-state index in [4.69, 9.17) is 0 Å². The second kappa shape index (κ2) is 8.58. The molecule has 1 fully saturated rings. The van der Waals surface area contributed by atoms with Gasteiger partial charge in [0.1, 0.15) is 12.2 Å². The molecule has 33 heavy (non-hydrogen) atoms. The van der Waals surface area contributed by atoms with Gasteiger partial charge in [0.05, 0.1) is 12.0 Å². The van der Waals surface area contributed by atoms with E-state index in [1.54, 1.807) is 18.2 Å². The summed E-state index contributed by atoms with van der Waals surface area (Å²) in [5.74, 6) is -1.31. The average molecular weight is 448 g/mol. The Morgan fingerprint density at radius 2 is 1.85 bits per heavy atom. The summed E-state index contributed by atoms with van der Waals surface area (Å²) in [5.41, 5.74) is 3.45. The maximum atomic E-state index is 12.7. The van der Waals surface area contributed by atoms with Crippen LogP contribution in [0.1, 0.15) is 16.8 Å². The fourth-order valence-corrected chi connectivity index (χ4v) is 3.80. The summed E-state index contributed by atoms with van der Waals surface area (Å²) in [6, 6.07) is 13.3. The number of methoxy groups -OCH3 is 1. The minimum atomic E-state index is -0.698. The molecule has 1 aliphatic rings. The lowest BCUT2D eigenvalue weighted by Gasteiger charge is -2.09. The van der Waals surface area contributed by atoms with Gasteiger partial charge in [0.2, 0.25) is 0 Å². The quantitative estimate of drug-likeness (QED) is 0.203. The minimum Gasteiger partial charge on any atom is -0.468 e. The molecule has 0 bridgehead atoms. The van der Waals surface area contributed by atoms with Crippen molar-refractivity contribution in [2.45, 2.75) is 13.5 Å². The Morgan fingerprint density at radius 1 is 1.15 bits per heavy atom. The van der Waals surface area contributed by atoms with Crippen molar-refractivity contribution in [1.29, 1.82) is 0 Å². The van der Waals surface area contributed by atoms with Crippen LogP contribution in [-0.2, 0) is 20.9 Å². The highest BCUT2D eigenvalue weighted by atomic mass is 16.6. The van der Waals surface area contributed by atoms with Gasteiger partial charge in [-0.1, -0.05) is 30.3 Å². The Labute approximate surface area is 188 Å². The molecule has 3 aromatic rings. The van der Waals surface area contributed by atoms with Gasteiger partial charge >= 0.3 is 12.0 Å². The summed E-state index contributed by atoms with van der Waals surface area (Å²) in [7, 11) is 1.18. The first-order valence-corrected chi connectivity index (χ1v) is 10.0. The first-order valence-electron chi connectivity index (χ1n) is 10.0. The van der Waals surface area contributed by atoms with Gasteiger partial charge in [-0.25, -0.2) is 9.69 Å². The number of aromatic nitrogens is 1. The lowest BCUT2D eigenvalue weighted by atomic mass is 10.1. The molecule has 2 heterocycles. The molecule has 1 N–H and O–H groups in total. The molecule has 3 amide bonds. The van der Waals surface area contributed by atoms with E-state index in [2.05, 4.69) is 10.1 Å². The topological polar surface area (TPSA) is 124 Å². The number of amides is 3. The Hall–Kier alpha value is -4.47. The van der Waals surface area contributed by atoms with Crippen molar-refractivity contribution in [3.8, 4) is 0 Å². The Kier molecular flexibility index (Phi) is 5.65. The highest BCUT2D eigenvalue weighted by Crippen LogP contribution is 2.29. The predicted octanol–water partition coefficient (Wildman–Crippen LogP) is 2.97. The number of nitrogens with zero attached hydrogens (tertiary/aromatic N) is 3. The standard InChI is InChI=1S/C23H20N4O6/c1-14-18(11-19-22(29)26(23(30)24-19)13-21(28)33-2)17-5-3-4-6-20(17)25(14)12-15-7-9-16(10-8-15)27(31)32/h3-11H,12-13H2,1-2H3,(H,24,30)/b19-11-. The second-order valence-electron chi connectivity index (χ2n) is 7.48. The summed E-state index contributed by atoms with van der Waals surface area (Å²) in [4.78, 5) is 47.7. The zero-order valence-electron chi connectivity index (χ0n) is 17.9. The number of urea groups is 1. The molecular formula is C23H20N4O6. The van der Waals surface area contributed by atoms with Crippen LogP contribution in [0, 0.1) is 17.0 Å². The van der Waals surface area contributed by atoms with Gasteiger partial charge in [-0.05, 0) is 24.6 Å². The second-order valence-corrected chi connectivity index (χ2v) is 7.48. The molecule has 1 aromatic heterocycles. The number of nitrogens with one attached hydrogen (secondary N) is 1. The maximum Gasteiger partial charge on any atom is 0.329 e. The van der Waals surface area contributed by atoms with Crippen LogP contribution in [0.3, 0.4) is 0 Å². The first kappa shape index (κ1) is 21.8. The third-order valence-corrected chi connectivity index (χ3v) is 5.53. The van der Waals surface area contributed by atoms with Gasteiger partial charge in [-0.2, -0.15) is 0 Å². The number of nitro benzene ring substituents is 1. The number of fused-ring (bicyclic) bond motifs is 1. The van der Waals surface area contributed by atoms with Crippen molar-refractivity contribution in [3.05, 3.63) is 81.2 Å². The Bertz CT molecular complexity index is 1320. The van der Waals surface area contributed by atoms with Gasteiger partial charge in [-0.15, -0.1) is 0 Å². The smallest absolute Gasteiger partial charge is 0.329 e. The van der Waals surface area contributed by atoms with Crippen molar-refractivity contribution in [2.24, 2.45) is 0 Å². The van der Waals surface area contributed by atoms with E-state index in [1.807, 2.05) is 35.8 Å². The Morgan fingerprint density at radius 3 is 2.52 bits per heavy atom. The van der Waals surface area contributed by atoms with Gasteiger partial charge in [-0.3, -0.25) is 19.7 Å². The molecule has 0 saturated carbocycles. The molecule has 4 rings (SSSR count). The van der Waals surface area contributed by atoms with Gasteiger partial charge < -0.3 is 14.6 Å². The van der Waals surface area contributed by atoms with Gasteiger partial charge in [0.25, 0.3) is 11.6 Å². The van der Waals surface area contributed by atoms with E-state index in [0.29, 0.717) is 6.54 Å². The highest BCUT2D eigenvalue weighted by Gasteiger charge is 2.35. The fraction of sp³-hybridized carbons (Fsp3) is 0.174. The van der Waals surface area contributed by atoms with Crippen LogP contribution in [0.2, 0.25) is 0 Å². The highest BCUT2D eigenvalue weighted by molar-refractivity contribution is 6.15. The van der Waals surface area contributed by atoms with E-state index in [9.17, 15) is 24.5 Å². The van der Waals surface area contributed by atoms with Crippen molar-refractivity contribution < 1.29 is 24.0 Å². The SMILES string of the molecule is COC(=O)CN1C(=O)N/C(=C\c2c(C)n(Cc3ccc([N+](=O)[O-])cc3)c3ccccc23)C1=O. The normalized spacial score (nSPS) is 14.7. The number of nitro groups is 1. The zero-order valence-corrected chi connectivity index (χ0v) is 17.9. The number of ether oxygens (including phenoxy) is 1. The number of carbonyl (C=O) groups excluding carboxylic acids is 3. The number of carbonyl (C=O) groups is 3. The molecule has 0 aliphatic carbocycles. The number of esters is 1. The lowest BCUT2D eigenvalue weighted by Crippen LogP contribution is -2.36. The van der Waals surface area contributed by atoms with Crippen LogP contribution in [0.5, 0.6) is 0 Å². The van der Waals surface area contributed by atoms with Crippen LogP contribution < -0.4 is 5.32 Å². The van der Waals surface area contributed by atoms with E-state index < -0.39 is 29.4 Å². The predicted molar refractivity (Wildman–Crippen MR) is 119 cm³/mol. The summed E-state index contributed by atoms with van der Waals surface area (Å²) in [6.07, 6.45) is 1.60. The third-order valence-electron chi connectivity index (χ3n) is 5.53. The minimum absolute atomic E-state index is 0.0188. The molecule has 2 aromatic carbocycles. The number of rotatable bonds is 6. The lowest BCUT2D eigenvalue weighted by molar-refractivity contribution is -0.384. The largest absolute Gasteiger partial charge is 0.468 e. The summed E-state index contributed by atoms with van der Waals surface area (Å²) >= 11 is 0. The molecule has 1 aliphatic heterocycles.